The molecule has 0 atom stereocenters. The summed E-state index contributed by atoms with van der Waals surface area (Å²) in [6.45, 7) is 0. The minimum atomic E-state index is -0.614. The van der Waals surface area contributed by atoms with E-state index in [1.54, 1.807) is 36.4 Å². The molecule has 6 heteroatoms. The lowest BCUT2D eigenvalue weighted by Crippen LogP contribution is -2.08. The molecule has 140 valence electrons. The van der Waals surface area contributed by atoms with Crippen molar-refractivity contribution in [2.75, 3.05) is 0 Å². The Balaban J connectivity index is 1.66. The lowest BCUT2D eigenvalue weighted by Gasteiger charge is -2.05. The summed E-state index contributed by atoms with van der Waals surface area (Å²) in [5, 5.41) is 0.957. The number of ketones is 1. The number of rotatable bonds is 5. The topological polar surface area (TPSA) is 43.4 Å². The van der Waals surface area contributed by atoms with E-state index in [9.17, 15) is 14.0 Å². The number of esters is 1. The molecule has 3 nitrogen and oxygen atoms in total. The number of halogens is 3. The standard InChI is InChI=1S/C22H13Cl2FO3/c23-17-7-1-14(20(24)13-17)6-12-21(26)15-4-10-19(11-5-15)28-22(27)16-2-8-18(25)9-3-16/h1-13H/b12-6+. The molecular formula is C22H13Cl2FO3. The third kappa shape index (κ3) is 5.06. The number of hydrogen-bond donors (Lipinski definition) is 0. The van der Waals surface area contributed by atoms with E-state index < -0.39 is 11.8 Å². The highest BCUT2D eigenvalue weighted by Gasteiger charge is 2.09. The number of ether oxygens (including phenoxy) is 1. The summed E-state index contributed by atoms with van der Waals surface area (Å²) < 4.78 is 18.1. The molecule has 0 aliphatic rings. The van der Waals surface area contributed by atoms with Crippen LogP contribution < -0.4 is 4.74 Å². The molecule has 3 aromatic carbocycles. The third-order valence-electron chi connectivity index (χ3n) is 3.81. The molecule has 0 aliphatic carbocycles. The Labute approximate surface area is 171 Å². The summed E-state index contributed by atoms with van der Waals surface area (Å²) in [5.74, 6) is -1.01. The molecule has 0 aromatic heterocycles. The van der Waals surface area contributed by atoms with E-state index in [1.165, 1.54) is 42.5 Å². The minimum Gasteiger partial charge on any atom is -0.423 e. The van der Waals surface area contributed by atoms with Gasteiger partial charge >= 0.3 is 5.97 Å². The lowest BCUT2D eigenvalue weighted by atomic mass is 10.1. The number of allylic oxidation sites excluding steroid dienone is 1. The van der Waals surface area contributed by atoms with E-state index in [2.05, 4.69) is 0 Å². The van der Waals surface area contributed by atoms with Gasteiger partial charge in [-0.05, 0) is 78.4 Å². The zero-order valence-corrected chi connectivity index (χ0v) is 15.9. The van der Waals surface area contributed by atoms with E-state index in [0.717, 1.165) is 0 Å². The van der Waals surface area contributed by atoms with Crippen molar-refractivity contribution in [3.8, 4) is 5.75 Å². The highest BCUT2D eigenvalue weighted by molar-refractivity contribution is 6.35. The average molecular weight is 415 g/mol. The van der Waals surface area contributed by atoms with Gasteiger partial charge < -0.3 is 4.74 Å². The fourth-order valence-electron chi connectivity index (χ4n) is 2.34. The normalized spacial score (nSPS) is 10.8. The van der Waals surface area contributed by atoms with Gasteiger partial charge in [-0.1, -0.05) is 29.3 Å². The first-order valence-corrected chi connectivity index (χ1v) is 8.93. The zero-order valence-electron chi connectivity index (χ0n) is 14.4. The molecule has 0 saturated carbocycles. The van der Waals surface area contributed by atoms with Gasteiger partial charge in [-0.2, -0.15) is 0 Å². The summed E-state index contributed by atoms with van der Waals surface area (Å²) in [6, 6.07) is 16.1. The smallest absolute Gasteiger partial charge is 0.343 e. The molecule has 0 unspecified atom stereocenters. The molecule has 0 spiro atoms. The van der Waals surface area contributed by atoms with Crippen LogP contribution in [0.4, 0.5) is 4.39 Å². The van der Waals surface area contributed by atoms with Crippen LogP contribution in [-0.2, 0) is 0 Å². The predicted molar refractivity (Wildman–Crippen MR) is 108 cm³/mol. The van der Waals surface area contributed by atoms with Crippen molar-refractivity contribution in [1.29, 1.82) is 0 Å². The fraction of sp³-hybridized carbons (Fsp3) is 0. The van der Waals surface area contributed by atoms with Crippen molar-refractivity contribution in [2.45, 2.75) is 0 Å². The Morgan fingerprint density at radius 1 is 0.857 bits per heavy atom. The first-order chi connectivity index (χ1) is 13.4. The largest absolute Gasteiger partial charge is 0.423 e. The third-order valence-corrected chi connectivity index (χ3v) is 4.37. The predicted octanol–water partition coefficient (Wildman–Crippen LogP) is 6.25. The molecule has 0 saturated heterocycles. The molecule has 3 rings (SSSR count). The lowest BCUT2D eigenvalue weighted by molar-refractivity contribution is 0.0734. The van der Waals surface area contributed by atoms with Crippen LogP contribution in [0.25, 0.3) is 6.08 Å². The van der Waals surface area contributed by atoms with Gasteiger partial charge in [0.15, 0.2) is 5.78 Å². The molecule has 3 aromatic rings. The molecule has 0 radical (unpaired) electrons. The van der Waals surface area contributed by atoms with Crippen molar-refractivity contribution in [2.24, 2.45) is 0 Å². The van der Waals surface area contributed by atoms with Gasteiger partial charge in [0.05, 0.1) is 5.56 Å². The van der Waals surface area contributed by atoms with Crippen molar-refractivity contribution in [1.82, 2.24) is 0 Å². The second-order valence-electron chi connectivity index (χ2n) is 5.78. The second-order valence-corrected chi connectivity index (χ2v) is 6.63. The first kappa shape index (κ1) is 19.8. The maximum Gasteiger partial charge on any atom is 0.343 e. The first-order valence-electron chi connectivity index (χ1n) is 8.17. The average Bonchev–Trinajstić information content (AvgIpc) is 2.68. The van der Waals surface area contributed by atoms with E-state index in [-0.39, 0.29) is 17.1 Å². The monoisotopic (exact) mass is 414 g/mol. The minimum absolute atomic E-state index is 0.226. The Hall–Kier alpha value is -2.95. The highest BCUT2D eigenvalue weighted by atomic mass is 35.5. The van der Waals surface area contributed by atoms with Crippen LogP contribution in [0.15, 0.2) is 72.8 Å². The maximum atomic E-state index is 12.9. The molecule has 28 heavy (non-hydrogen) atoms. The highest BCUT2D eigenvalue weighted by Crippen LogP contribution is 2.22. The maximum absolute atomic E-state index is 12.9. The van der Waals surface area contributed by atoms with Gasteiger partial charge in [-0.3, -0.25) is 4.79 Å². The summed E-state index contributed by atoms with van der Waals surface area (Å²) in [7, 11) is 0. The molecule has 0 bridgehead atoms. The van der Waals surface area contributed by atoms with Gasteiger partial charge in [0, 0.05) is 15.6 Å². The number of carbonyl (C=O) groups is 2. The SMILES string of the molecule is O=C(/C=C/c1ccc(Cl)cc1Cl)c1ccc(OC(=O)c2ccc(F)cc2)cc1. The molecule has 0 aliphatic heterocycles. The molecule has 0 fully saturated rings. The van der Waals surface area contributed by atoms with Gasteiger partial charge in [-0.25, -0.2) is 9.18 Å². The van der Waals surface area contributed by atoms with Crippen molar-refractivity contribution in [3.63, 3.8) is 0 Å². The molecule has 0 amide bonds. The van der Waals surface area contributed by atoms with Gasteiger partial charge in [0.2, 0.25) is 0 Å². The molecular weight excluding hydrogens is 402 g/mol. The Kier molecular flexibility index (Phi) is 6.24. The van der Waals surface area contributed by atoms with Crippen LogP contribution in [-0.4, -0.2) is 11.8 Å². The molecule has 0 N–H and O–H groups in total. The van der Waals surface area contributed by atoms with Crippen molar-refractivity contribution >= 4 is 41.0 Å². The number of benzene rings is 3. The van der Waals surface area contributed by atoms with Crippen molar-refractivity contribution in [3.05, 3.63) is 105 Å². The summed E-state index contributed by atoms with van der Waals surface area (Å²) in [6.07, 6.45) is 3.00. The van der Waals surface area contributed by atoms with E-state index >= 15 is 0 Å². The fourth-order valence-corrected chi connectivity index (χ4v) is 2.81. The number of hydrogen-bond acceptors (Lipinski definition) is 3. The Morgan fingerprint density at radius 3 is 2.14 bits per heavy atom. The van der Waals surface area contributed by atoms with Crippen LogP contribution in [0.3, 0.4) is 0 Å². The summed E-state index contributed by atoms with van der Waals surface area (Å²) in [5.41, 5.74) is 1.32. The van der Waals surface area contributed by atoms with Crippen LogP contribution in [0, 0.1) is 5.82 Å². The van der Waals surface area contributed by atoms with Crippen LogP contribution in [0.2, 0.25) is 10.0 Å². The van der Waals surface area contributed by atoms with Crippen molar-refractivity contribution < 1.29 is 18.7 Å². The second kappa shape index (κ2) is 8.83. The van der Waals surface area contributed by atoms with E-state index in [1.807, 2.05) is 0 Å². The zero-order chi connectivity index (χ0) is 20.1. The quantitative estimate of drug-likeness (QED) is 0.214. The van der Waals surface area contributed by atoms with E-state index in [0.29, 0.717) is 21.2 Å². The summed E-state index contributed by atoms with van der Waals surface area (Å²) >= 11 is 11.9. The summed E-state index contributed by atoms with van der Waals surface area (Å²) in [4.78, 5) is 24.3. The Bertz CT molecular complexity index is 1040. The number of carbonyl (C=O) groups excluding carboxylic acids is 2. The van der Waals surface area contributed by atoms with Crippen LogP contribution in [0.1, 0.15) is 26.3 Å². The van der Waals surface area contributed by atoms with Crippen LogP contribution in [0.5, 0.6) is 5.75 Å². The van der Waals surface area contributed by atoms with Gasteiger partial charge in [0.25, 0.3) is 0 Å². The van der Waals surface area contributed by atoms with Gasteiger partial charge in [-0.15, -0.1) is 0 Å². The van der Waals surface area contributed by atoms with Gasteiger partial charge in [0.1, 0.15) is 11.6 Å². The Morgan fingerprint density at radius 2 is 1.50 bits per heavy atom. The van der Waals surface area contributed by atoms with Crippen LogP contribution >= 0.6 is 23.2 Å². The molecule has 0 heterocycles. The van der Waals surface area contributed by atoms with E-state index in [4.69, 9.17) is 27.9 Å².